The molecule has 1 aromatic heterocycles. The van der Waals surface area contributed by atoms with Gasteiger partial charge in [0.2, 0.25) is 5.91 Å². The van der Waals surface area contributed by atoms with Crippen LogP contribution >= 0.6 is 11.6 Å². The minimum absolute atomic E-state index is 0.0139. The van der Waals surface area contributed by atoms with Crippen LogP contribution in [0.25, 0.3) is 0 Å². The predicted octanol–water partition coefficient (Wildman–Crippen LogP) is 3.63. The van der Waals surface area contributed by atoms with Crippen LogP contribution in [0.15, 0.2) is 30.3 Å². The number of rotatable bonds is 5. The lowest BCUT2D eigenvalue weighted by atomic mass is 9.92. The number of anilines is 1. The zero-order valence-corrected chi connectivity index (χ0v) is 18.1. The van der Waals surface area contributed by atoms with Gasteiger partial charge in [-0.05, 0) is 48.6 Å². The maximum Gasteiger partial charge on any atom is 0.223 e. The van der Waals surface area contributed by atoms with Gasteiger partial charge in [-0.2, -0.15) is 0 Å². The maximum atomic E-state index is 13.0. The van der Waals surface area contributed by atoms with E-state index in [1.165, 1.54) is 0 Å². The molecule has 30 heavy (non-hydrogen) atoms. The molecule has 3 heterocycles. The van der Waals surface area contributed by atoms with Gasteiger partial charge in [-0.1, -0.05) is 31.5 Å². The Kier molecular flexibility index (Phi) is 6.27. The van der Waals surface area contributed by atoms with Gasteiger partial charge in [0, 0.05) is 19.0 Å². The second-order valence-corrected chi connectivity index (χ2v) is 8.50. The molecule has 0 unspecified atom stereocenters. The number of amides is 1. The average molecular weight is 431 g/mol. The van der Waals surface area contributed by atoms with Crippen molar-refractivity contribution in [3.8, 4) is 11.5 Å². The van der Waals surface area contributed by atoms with Gasteiger partial charge in [0.25, 0.3) is 0 Å². The maximum absolute atomic E-state index is 13.0. The van der Waals surface area contributed by atoms with Gasteiger partial charge in [0.1, 0.15) is 13.2 Å². The molecule has 0 spiro atoms. The molecule has 1 atom stereocenters. The molecule has 8 heteroatoms. The number of benzene rings is 1. The average Bonchev–Trinajstić information content (AvgIpc) is 2.77. The third-order valence-corrected chi connectivity index (χ3v) is 5.90. The molecule has 0 bridgehead atoms. The van der Waals surface area contributed by atoms with Crippen LogP contribution in [0.5, 0.6) is 11.5 Å². The molecule has 1 aromatic carbocycles. The van der Waals surface area contributed by atoms with Crippen LogP contribution < -0.4 is 19.7 Å². The summed E-state index contributed by atoms with van der Waals surface area (Å²) >= 11 is 5.82. The number of aromatic nitrogens is 2. The standard InChI is InChI=1S/C22H27ClN4O3/c1-14(2)21(16-3-4-17-18(13-16)30-12-11-29-17)24-22(28)15-7-9-27(10-8-15)20-6-5-19(23)25-26-20/h3-6,13-15,21H,7-12H2,1-2H3,(H,24,28)/t21-/m1/s1. The predicted molar refractivity (Wildman–Crippen MR) is 115 cm³/mol. The van der Waals surface area contributed by atoms with Crippen molar-refractivity contribution in [3.63, 3.8) is 0 Å². The first kappa shape index (κ1) is 20.7. The number of carbonyl (C=O) groups is 1. The molecule has 160 valence electrons. The van der Waals surface area contributed by atoms with E-state index in [2.05, 4.69) is 34.3 Å². The molecule has 2 aliphatic heterocycles. The second-order valence-electron chi connectivity index (χ2n) is 8.11. The van der Waals surface area contributed by atoms with Gasteiger partial charge in [0.05, 0.1) is 6.04 Å². The molecular weight excluding hydrogens is 404 g/mol. The Morgan fingerprint density at radius 1 is 1.10 bits per heavy atom. The van der Waals surface area contributed by atoms with Crippen molar-refractivity contribution in [1.29, 1.82) is 0 Å². The van der Waals surface area contributed by atoms with Crippen molar-refractivity contribution in [3.05, 3.63) is 41.0 Å². The fourth-order valence-corrected chi connectivity index (χ4v) is 4.11. The first-order valence-corrected chi connectivity index (χ1v) is 10.8. The van der Waals surface area contributed by atoms with Crippen LogP contribution in [0, 0.1) is 11.8 Å². The quantitative estimate of drug-likeness (QED) is 0.780. The van der Waals surface area contributed by atoms with E-state index in [1.807, 2.05) is 24.3 Å². The van der Waals surface area contributed by atoms with Crippen molar-refractivity contribution < 1.29 is 14.3 Å². The summed E-state index contributed by atoms with van der Waals surface area (Å²) in [6.07, 6.45) is 1.56. The first-order chi connectivity index (χ1) is 14.5. The lowest BCUT2D eigenvalue weighted by molar-refractivity contribution is -0.126. The summed E-state index contributed by atoms with van der Waals surface area (Å²) in [4.78, 5) is 15.2. The Balaban J connectivity index is 1.39. The zero-order chi connectivity index (χ0) is 21.1. The molecule has 1 N–H and O–H groups in total. The highest BCUT2D eigenvalue weighted by molar-refractivity contribution is 6.29. The van der Waals surface area contributed by atoms with Crippen LogP contribution in [0.1, 0.15) is 38.3 Å². The molecule has 2 aliphatic rings. The second kappa shape index (κ2) is 9.08. The van der Waals surface area contributed by atoms with E-state index in [9.17, 15) is 4.79 Å². The molecule has 4 rings (SSSR count). The molecule has 7 nitrogen and oxygen atoms in total. The summed E-state index contributed by atoms with van der Waals surface area (Å²) in [6.45, 7) is 6.88. The van der Waals surface area contributed by atoms with Crippen molar-refractivity contribution in [2.45, 2.75) is 32.7 Å². The molecule has 1 saturated heterocycles. The number of fused-ring (bicyclic) bond motifs is 1. The van der Waals surface area contributed by atoms with Gasteiger partial charge in [-0.15, -0.1) is 10.2 Å². The normalized spacial score (nSPS) is 17.7. The highest BCUT2D eigenvalue weighted by Gasteiger charge is 2.29. The van der Waals surface area contributed by atoms with E-state index in [4.69, 9.17) is 21.1 Å². The van der Waals surface area contributed by atoms with Gasteiger partial charge < -0.3 is 19.7 Å². The Hall–Kier alpha value is -2.54. The van der Waals surface area contributed by atoms with Crippen LogP contribution in [0.4, 0.5) is 5.82 Å². The van der Waals surface area contributed by atoms with Crippen molar-refractivity contribution >= 4 is 23.3 Å². The van der Waals surface area contributed by atoms with Crippen LogP contribution in [0.2, 0.25) is 5.15 Å². The van der Waals surface area contributed by atoms with Crippen LogP contribution in [-0.2, 0) is 4.79 Å². The van der Waals surface area contributed by atoms with E-state index in [1.54, 1.807) is 6.07 Å². The van der Waals surface area contributed by atoms with E-state index < -0.39 is 0 Å². The van der Waals surface area contributed by atoms with E-state index in [0.29, 0.717) is 18.4 Å². The van der Waals surface area contributed by atoms with Gasteiger partial charge in [0.15, 0.2) is 22.5 Å². The number of nitrogens with one attached hydrogen (secondary N) is 1. The summed E-state index contributed by atoms with van der Waals surface area (Å²) in [7, 11) is 0. The topological polar surface area (TPSA) is 76.6 Å². The van der Waals surface area contributed by atoms with Gasteiger partial charge >= 0.3 is 0 Å². The number of carbonyl (C=O) groups excluding carboxylic acids is 1. The number of piperidine rings is 1. The number of ether oxygens (including phenoxy) is 2. The lowest BCUT2D eigenvalue weighted by Crippen LogP contribution is -2.42. The summed E-state index contributed by atoms with van der Waals surface area (Å²) < 4.78 is 11.3. The van der Waals surface area contributed by atoms with E-state index in [0.717, 1.165) is 48.8 Å². The third-order valence-electron chi connectivity index (χ3n) is 5.70. The lowest BCUT2D eigenvalue weighted by Gasteiger charge is -2.33. The minimum atomic E-state index is -0.0755. The zero-order valence-electron chi connectivity index (χ0n) is 17.3. The molecule has 2 aromatic rings. The fourth-order valence-electron chi connectivity index (χ4n) is 4.01. The Morgan fingerprint density at radius 2 is 1.83 bits per heavy atom. The van der Waals surface area contributed by atoms with Crippen molar-refractivity contribution in [1.82, 2.24) is 15.5 Å². The number of nitrogens with zero attached hydrogens (tertiary/aromatic N) is 3. The minimum Gasteiger partial charge on any atom is -0.486 e. The summed E-state index contributed by atoms with van der Waals surface area (Å²) in [5, 5.41) is 11.7. The Labute approximate surface area is 181 Å². The van der Waals surface area contributed by atoms with Gasteiger partial charge in [-0.3, -0.25) is 4.79 Å². The van der Waals surface area contributed by atoms with E-state index >= 15 is 0 Å². The highest BCUT2D eigenvalue weighted by Crippen LogP contribution is 2.34. The smallest absolute Gasteiger partial charge is 0.223 e. The monoisotopic (exact) mass is 430 g/mol. The summed E-state index contributed by atoms with van der Waals surface area (Å²) in [5.41, 5.74) is 1.04. The first-order valence-electron chi connectivity index (χ1n) is 10.5. The molecule has 0 aliphatic carbocycles. The van der Waals surface area contributed by atoms with E-state index in [-0.39, 0.29) is 23.8 Å². The summed E-state index contributed by atoms with van der Waals surface area (Å²) in [6, 6.07) is 9.46. The SMILES string of the molecule is CC(C)[C@@H](NC(=O)C1CCN(c2ccc(Cl)nn2)CC1)c1ccc2c(c1)OCCO2. The summed E-state index contributed by atoms with van der Waals surface area (Å²) in [5.74, 6) is 2.65. The van der Waals surface area contributed by atoms with Crippen LogP contribution in [0.3, 0.4) is 0 Å². The molecule has 0 saturated carbocycles. The largest absolute Gasteiger partial charge is 0.486 e. The Bertz CT molecular complexity index is 882. The number of hydrogen-bond donors (Lipinski definition) is 1. The Morgan fingerprint density at radius 3 is 2.50 bits per heavy atom. The molecule has 0 radical (unpaired) electrons. The molecule has 1 amide bonds. The fraction of sp³-hybridized carbons (Fsp3) is 0.500. The number of hydrogen-bond acceptors (Lipinski definition) is 6. The number of halogens is 1. The third kappa shape index (κ3) is 4.61. The molecule has 1 fully saturated rings. The van der Waals surface area contributed by atoms with Crippen molar-refractivity contribution in [2.75, 3.05) is 31.2 Å². The van der Waals surface area contributed by atoms with Crippen molar-refractivity contribution in [2.24, 2.45) is 11.8 Å². The van der Waals surface area contributed by atoms with Gasteiger partial charge in [-0.25, -0.2) is 0 Å². The molecular formula is C22H27ClN4O3. The van der Waals surface area contributed by atoms with Crippen LogP contribution in [-0.4, -0.2) is 42.4 Å². The highest BCUT2D eigenvalue weighted by atomic mass is 35.5.